The van der Waals surface area contributed by atoms with E-state index in [0.717, 1.165) is 11.8 Å². The minimum Gasteiger partial charge on any atom is -0.309 e. The van der Waals surface area contributed by atoms with Crippen LogP contribution in [0.5, 0.6) is 0 Å². The Morgan fingerprint density at radius 3 is 2.68 bits per heavy atom. The second-order valence-electron chi connectivity index (χ2n) is 6.13. The Hall–Kier alpha value is -2.17. The second kappa shape index (κ2) is 6.98. The van der Waals surface area contributed by atoms with Gasteiger partial charge in [-0.25, -0.2) is 13.2 Å². The maximum Gasteiger partial charge on any atom is 0.345 e. The van der Waals surface area contributed by atoms with Crippen LogP contribution in [0.4, 0.5) is 4.79 Å². The molecule has 2 N–H and O–H groups in total. The zero-order valence-corrected chi connectivity index (χ0v) is 14.5. The van der Waals surface area contributed by atoms with Crippen molar-refractivity contribution in [3.8, 4) is 0 Å². The largest absolute Gasteiger partial charge is 0.345 e. The third-order valence-corrected chi connectivity index (χ3v) is 4.67. The lowest BCUT2D eigenvalue weighted by atomic mass is 10.0. The molecule has 10 heteroatoms. The van der Waals surface area contributed by atoms with Gasteiger partial charge in [-0.15, -0.1) is 4.83 Å². The molecule has 2 heterocycles. The lowest BCUT2D eigenvalue weighted by molar-refractivity contribution is -0.140. The van der Waals surface area contributed by atoms with Crippen LogP contribution in [-0.2, 0) is 26.3 Å². The Morgan fingerprint density at radius 2 is 2.00 bits per heavy atom. The molecule has 1 aromatic rings. The van der Waals surface area contributed by atoms with E-state index in [-0.39, 0.29) is 18.7 Å². The lowest BCUT2D eigenvalue weighted by Gasteiger charge is -2.29. The van der Waals surface area contributed by atoms with Crippen LogP contribution in [0.3, 0.4) is 0 Å². The van der Waals surface area contributed by atoms with E-state index in [1.807, 2.05) is 35.2 Å². The topological polar surface area (TPSA) is 108 Å². The number of sulfonamides is 1. The van der Waals surface area contributed by atoms with E-state index in [0.29, 0.717) is 19.4 Å². The second-order valence-corrected chi connectivity index (χ2v) is 7.88. The van der Waals surface area contributed by atoms with E-state index >= 15 is 0 Å². The molecule has 2 atom stereocenters. The molecule has 3 rings (SSSR count). The molecule has 3 amide bonds. The quantitative estimate of drug-likeness (QED) is 0.686. The molecule has 2 saturated heterocycles. The van der Waals surface area contributed by atoms with Gasteiger partial charge in [0.2, 0.25) is 10.0 Å². The number of hydrogen-bond acceptors (Lipinski definition) is 5. The van der Waals surface area contributed by atoms with Crippen LogP contribution in [0.2, 0.25) is 0 Å². The Bertz CT molecular complexity index is 754. The highest BCUT2D eigenvalue weighted by molar-refractivity contribution is 7.88. The predicted molar refractivity (Wildman–Crippen MR) is 88.1 cm³/mol. The number of hydroxylamine groups is 2. The normalized spacial score (nSPS) is 23.0. The number of nitrogens with one attached hydrogen (secondary N) is 2. The van der Waals surface area contributed by atoms with Crippen molar-refractivity contribution in [1.82, 2.24) is 20.2 Å². The highest BCUT2D eigenvalue weighted by Crippen LogP contribution is 2.30. The summed E-state index contributed by atoms with van der Waals surface area (Å²) in [5.41, 5.74) is 3.08. The zero-order valence-electron chi connectivity index (χ0n) is 13.7. The number of fused-ring (bicyclic) bond motifs is 2. The minimum atomic E-state index is -3.56. The zero-order chi connectivity index (χ0) is 18.0. The summed E-state index contributed by atoms with van der Waals surface area (Å²) < 4.78 is 22.2. The number of piperidine rings is 1. The van der Waals surface area contributed by atoms with Crippen LogP contribution in [0.1, 0.15) is 18.4 Å². The molecule has 1 aromatic carbocycles. The van der Waals surface area contributed by atoms with Gasteiger partial charge >= 0.3 is 6.03 Å². The van der Waals surface area contributed by atoms with Gasteiger partial charge in [0, 0.05) is 6.54 Å². The Labute approximate surface area is 145 Å². The Balaban J connectivity index is 1.61. The highest BCUT2D eigenvalue weighted by Gasteiger charge is 2.47. The molecular weight excluding hydrogens is 348 g/mol. The van der Waals surface area contributed by atoms with Crippen LogP contribution in [-0.4, -0.2) is 55.2 Å². The van der Waals surface area contributed by atoms with Crippen molar-refractivity contribution in [1.29, 1.82) is 0 Å². The molecule has 2 aliphatic rings. The van der Waals surface area contributed by atoms with Gasteiger partial charge in [0.1, 0.15) is 12.6 Å². The number of hydrazine groups is 1. The van der Waals surface area contributed by atoms with Crippen LogP contribution < -0.4 is 10.3 Å². The number of amides is 3. The van der Waals surface area contributed by atoms with Gasteiger partial charge in [0.05, 0.1) is 12.3 Å². The number of hydrogen-bond donors (Lipinski definition) is 2. The van der Waals surface area contributed by atoms with E-state index in [2.05, 4.69) is 5.43 Å². The summed E-state index contributed by atoms with van der Waals surface area (Å²) in [5, 5.41) is 1.32. The summed E-state index contributed by atoms with van der Waals surface area (Å²) in [7, 11) is -3.56. The summed E-state index contributed by atoms with van der Waals surface area (Å²) in [6, 6.07) is 8.28. The van der Waals surface area contributed by atoms with Crippen molar-refractivity contribution in [2.24, 2.45) is 0 Å². The van der Waals surface area contributed by atoms with Crippen molar-refractivity contribution < 1.29 is 22.8 Å². The maximum atomic E-state index is 12.5. The monoisotopic (exact) mass is 368 g/mol. The summed E-state index contributed by atoms with van der Waals surface area (Å²) in [6.45, 7) is 0.647. The molecule has 9 nitrogen and oxygen atoms in total. The van der Waals surface area contributed by atoms with Crippen LogP contribution in [0.15, 0.2) is 30.3 Å². The van der Waals surface area contributed by atoms with Crippen molar-refractivity contribution in [2.45, 2.75) is 31.5 Å². The van der Waals surface area contributed by atoms with Gasteiger partial charge in [-0.05, 0) is 18.4 Å². The first-order chi connectivity index (χ1) is 11.8. The average Bonchev–Trinajstić information content (AvgIpc) is 2.82. The molecule has 0 saturated carbocycles. The molecule has 2 aliphatic heterocycles. The SMILES string of the molecule is CS(=O)(=O)NNC(=O)[C@H]1CC[C@@H]2CN1C(=O)N2OCc1ccccc1. The fourth-order valence-corrected chi connectivity index (χ4v) is 3.30. The Morgan fingerprint density at radius 1 is 1.28 bits per heavy atom. The summed E-state index contributed by atoms with van der Waals surface area (Å²) in [6.07, 6.45) is 1.98. The molecule has 0 aliphatic carbocycles. The van der Waals surface area contributed by atoms with Gasteiger partial charge in [0.25, 0.3) is 5.91 Å². The summed E-state index contributed by atoms with van der Waals surface area (Å²) in [5.74, 6) is -0.554. The molecule has 0 aromatic heterocycles. The molecule has 0 unspecified atom stereocenters. The van der Waals surface area contributed by atoms with E-state index < -0.39 is 22.0 Å². The molecular formula is C15H20N4O5S. The molecule has 2 fully saturated rings. The third kappa shape index (κ3) is 4.09. The van der Waals surface area contributed by atoms with E-state index in [4.69, 9.17) is 4.84 Å². The molecule has 0 radical (unpaired) electrons. The third-order valence-electron chi connectivity index (χ3n) is 4.20. The van der Waals surface area contributed by atoms with E-state index in [9.17, 15) is 18.0 Å². The molecule has 2 bridgehead atoms. The number of nitrogens with zero attached hydrogens (tertiary/aromatic N) is 2. The van der Waals surface area contributed by atoms with Gasteiger partial charge in [-0.2, -0.15) is 5.06 Å². The average molecular weight is 368 g/mol. The number of rotatable bonds is 6. The summed E-state index contributed by atoms with van der Waals surface area (Å²) in [4.78, 5) is 33.7. The number of urea groups is 1. The minimum absolute atomic E-state index is 0.108. The van der Waals surface area contributed by atoms with Gasteiger partial charge in [-0.3, -0.25) is 15.1 Å². The molecule has 25 heavy (non-hydrogen) atoms. The van der Waals surface area contributed by atoms with Gasteiger partial charge < -0.3 is 4.90 Å². The van der Waals surface area contributed by atoms with Crippen LogP contribution in [0.25, 0.3) is 0 Å². The predicted octanol–water partition coefficient (Wildman–Crippen LogP) is -0.0328. The summed E-state index contributed by atoms with van der Waals surface area (Å²) >= 11 is 0. The number of benzene rings is 1. The van der Waals surface area contributed by atoms with Crippen molar-refractivity contribution >= 4 is 22.0 Å². The van der Waals surface area contributed by atoms with Crippen molar-refractivity contribution in [2.75, 3.05) is 12.8 Å². The first-order valence-corrected chi connectivity index (χ1v) is 9.77. The van der Waals surface area contributed by atoms with Crippen LogP contribution >= 0.6 is 0 Å². The number of carbonyl (C=O) groups excluding carboxylic acids is 2. The van der Waals surface area contributed by atoms with E-state index in [1.54, 1.807) is 0 Å². The molecule has 136 valence electrons. The number of carbonyl (C=O) groups is 2. The first-order valence-electron chi connectivity index (χ1n) is 7.88. The maximum absolute atomic E-state index is 12.5. The Kier molecular flexibility index (Phi) is 4.93. The standard InChI is InChI=1S/C15H20N4O5S/c1-25(22,23)17-16-14(20)13-8-7-12-9-18(13)15(21)19(12)24-10-11-5-3-2-4-6-11/h2-6,12-13,17H,7-10H2,1H3,(H,16,20)/t12-,13-/m1/s1. The van der Waals surface area contributed by atoms with Crippen molar-refractivity contribution in [3.05, 3.63) is 35.9 Å². The first kappa shape index (κ1) is 17.6. The fourth-order valence-electron chi connectivity index (χ4n) is 3.02. The fraction of sp³-hybridized carbons (Fsp3) is 0.467. The lowest BCUT2D eigenvalue weighted by Crippen LogP contribution is -2.53. The van der Waals surface area contributed by atoms with E-state index in [1.165, 1.54) is 9.96 Å². The molecule has 0 spiro atoms. The smallest absolute Gasteiger partial charge is 0.309 e. The van der Waals surface area contributed by atoms with Crippen molar-refractivity contribution in [3.63, 3.8) is 0 Å². The van der Waals surface area contributed by atoms with Crippen LogP contribution in [0, 0.1) is 0 Å². The van der Waals surface area contributed by atoms with Gasteiger partial charge in [0.15, 0.2) is 0 Å². The highest BCUT2D eigenvalue weighted by atomic mass is 32.2. The van der Waals surface area contributed by atoms with Gasteiger partial charge in [-0.1, -0.05) is 30.3 Å².